The lowest BCUT2D eigenvalue weighted by Gasteiger charge is -2.24. The fourth-order valence-electron chi connectivity index (χ4n) is 3.30. The molecule has 24 heavy (non-hydrogen) atoms. The standard InChI is InChI=1S/C18H28N2O3S/c1-12(2)14-8-6-9-15(13(3)4)17(14)19-18(21)16-10-7-11-20(16)24(5,22)23/h6,8-9,12-13,16H,7,10-11H2,1-5H3,(H,19,21). The van der Waals surface area contributed by atoms with Crippen LogP contribution in [0.2, 0.25) is 0 Å². The zero-order valence-corrected chi connectivity index (χ0v) is 16.0. The van der Waals surface area contributed by atoms with Gasteiger partial charge in [0.15, 0.2) is 0 Å². The highest BCUT2D eigenvalue weighted by atomic mass is 32.2. The number of rotatable bonds is 5. The maximum atomic E-state index is 12.8. The molecule has 1 amide bonds. The van der Waals surface area contributed by atoms with E-state index in [4.69, 9.17) is 0 Å². The molecular formula is C18H28N2O3S. The lowest BCUT2D eigenvalue weighted by Crippen LogP contribution is -2.42. The topological polar surface area (TPSA) is 66.5 Å². The van der Waals surface area contributed by atoms with E-state index in [1.165, 1.54) is 10.6 Å². The first-order valence-corrected chi connectivity index (χ1v) is 10.4. The summed E-state index contributed by atoms with van der Waals surface area (Å²) in [6.45, 7) is 8.78. The lowest BCUT2D eigenvalue weighted by molar-refractivity contribution is -0.119. The predicted molar refractivity (Wildman–Crippen MR) is 97.8 cm³/mol. The third kappa shape index (κ3) is 3.98. The first-order chi connectivity index (χ1) is 11.1. The molecule has 2 rings (SSSR count). The van der Waals surface area contributed by atoms with Gasteiger partial charge >= 0.3 is 0 Å². The number of amides is 1. The summed E-state index contributed by atoms with van der Waals surface area (Å²) in [6.07, 6.45) is 2.45. The van der Waals surface area contributed by atoms with Crippen LogP contribution in [0.1, 0.15) is 63.5 Å². The molecule has 0 bridgehead atoms. The zero-order valence-electron chi connectivity index (χ0n) is 15.2. The van der Waals surface area contributed by atoms with E-state index in [2.05, 4.69) is 33.0 Å². The molecule has 1 fully saturated rings. The first kappa shape index (κ1) is 18.9. The van der Waals surface area contributed by atoms with Crippen LogP contribution >= 0.6 is 0 Å². The minimum atomic E-state index is -3.37. The van der Waals surface area contributed by atoms with Crippen molar-refractivity contribution in [1.29, 1.82) is 0 Å². The molecule has 1 saturated heterocycles. The highest BCUT2D eigenvalue weighted by molar-refractivity contribution is 7.88. The molecule has 1 aromatic carbocycles. The Morgan fingerprint density at radius 2 is 1.71 bits per heavy atom. The number of nitrogens with zero attached hydrogens (tertiary/aromatic N) is 1. The summed E-state index contributed by atoms with van der Waals surface area (Å²) >= 11 is 0. The van der Waals surface area contributed by atoms with Gasteiger partial charge in [-0.25, -0.2) is 8.42 Å². The number of benzene rings is 1. The van der Waals surface area contributed by atoms with Gasteiger partial charge in [-0.05, 0) is 35.8 Å². The second kappa shape index (κ2) is 7.23. The van der Waals surface area contributed by atoms with Gasteiger partial charge in [0.05, 0.1) is 6.26 Å². The Labute approximate surface area is 145 Å². The summed E-state index contributed by atoms with van der Waals surface area (Å²) < 4.78 is 25.1. The van der Waals surface area contributed by atoms with Crippen molar-refractivity contribution in [2.24, 2.45) is 0 Å². The summed E-state index contributed by atoms with van der Waals surface area (Å²) in [7, 11) is -3.37. The minimum Gasteiger partial charge on any atom is -0.324 e. The Morgan fingerprint density at radius 1 is 1.17 bits per heavy atom. The Hall–Kier alpha value is -1.40. The number of carbonyl (C=O) groups is 1. The molecule has 1 N–H and O–H groups in total. The van der Waals surface area contributed by atoms with Gasteiger partial charge in [-0.1, -0.05) is 45.9 Å². The van der Waals surface area contributed by atoms with Gasteiger partial charge in [-0.15, -0.1) is 0 Å². The van der Waals surface area contributed by atoms with Crippen LogP contribution in [0.3, 0.4) is 0 Å². The number of carbonyl (C=O) groups excluding carboxylic acids is 1. The second-order valence-corrected chi connectivity index (χ2v) is 9.08. The Morgan fingerprint density at radius 3 is 2.17 bits per heavy atom. The Balaban J connectivity index is 2.35. The van der Waals surface area contributed by atoms with Gasteiger partial charge in [-0.3, -0.25) is 4.79 Å². The van der Waals surface area contributed by atoms with Crippen LogP contribution in [0.4, 0.5) is 5.69 Å². The SMILES string of the molecule is CC(C)c1cccc(C(C)C)c1NC(=O)C1CCCN1S(C)(=O)=O. The molecule has 0 radical (unpaired) electrons. The van der Waals surface area contributed by atoms with Crippen LogP contribution in [0.5, 0.6) is 0 Å². The van der Waals surface area contributed by atoms with Crippen molar-refractivity contribution >= 4 is 21.6 Å². The van der Waals surface area contributed by atoms with Gasteiger partial charge < -0.3 is 5.32 Å². The molecule has 0 aromatic heterocycles. The van der Waals surface area contributed by atoms with E-state index in [0.29, 0.717) is 19.4 Å². The van der Waals surface area contributed by atoms with Crippen LogP contribution < -0.4 is 5.32 Å². The zero-order chi connectivity index (χ0) is 18.1. The van der Waals surface area contributed by atoms with Crippen molar-refractivity contribution in [3.8, 4) is 0 Å². The van der Waals surface area contributed by atoms with Gasteiger partial charge in [0.2, 0.25) is 15.9 Å². The van der Waals surface area contributed by atoms with E-state index in [1.54, 1.807) is 0 Å². The maximum Gasteiger partial charge on any atom is 0.242 e. The number of sulfonamides is 1. The average Bonchev–Trinajstić information content (AvgIpc) is 2.96. The van der Waals surface area contributed by atoms with Gasteiger partial charge in [0.1, 0.15) is 6.04 Å². The number of nitrogens with one attached hydrogen (secondary N) is 1. The van der Waals surface area contributed by atoms with E-state index in [1.807, 2.05) is 18.2 Å². The second-order valence-electron chi connectivity index (χ2n) is 7.14. The average molecular weight is 353 g/mol. The summed E-state index contributed by atoms with van der Waals surface area (Å²) in [5.41, 5.74) is 3.00. The quantitative estimate of drug-likeness (QED) is 0.884. The number of hydrogen-bond acceptors (Lipinski definition) is 3. The van der Waals surface area contributed by atoms with Gasteiger partial charge in [0, 0.05) is 12.2 Å². The van der Waals surface area contributed by atoms with Crippen LogP contribution in [0.25, 0.3) is 0 Å². The summed E-state index contributed by atoms with van der Waals surface area (Å²) in [4.78, 5) is 12.8. The molecule has 6 heteroatoms. The molecule has 0 spiro atoms. The molecule has 134 valence electrons. The first-order valence-electron chi connectivity index (χ1n) is 8.53. The lowest BCUT2D eigenvalue weighted by atomic mass is 9.92. The Kier molecular flexibility index (Phi) is 5.71. The molecule has 1 aromatic rings. The van der Waals surface area contributed by atoms with Crippen LogP contribution in [0, 0.1) is 0 Å². The van der Waals surface area contributed by atoms with Gasteiger partial charge in [-0.2, -0.15) is 4.31 Å². The molecule has 1 heterocycles. The van der Waals surface area contributed by atoms with Crippen LogP contribution in [-0.2, 0) is 14.8 Å². The maximum absolute atomic E-state index is 12.8. The highest BCUT2D eigenvalue weighted by Gasteiger charge is 2.36. The monoisotopic (exact) mass is 352 g/mol. The van der Waals surface area contributed by atoms with Crippen molar-refractivity contribution in [3.05, 3.63) is 29.3 Å². The smallest absolute Gasteiger partial charge is 0.242 e. The van der Waals surface area contributed by atoms with Crippen molar-refractivity contribution in [2.45, 2.75) is 58.4 Å². The van der Waals surface area contributed by atoms with E-state index in [9.17, 15) is 13.2 Å². The van der Waals surface area contributed by atoms with E-state index in [-0.39, 0.29) is 17.7 Å². The largest absolute Gasteiger partial charge is 0.324 e. The van der Waals surface area contributed by atoms with E-state index < -0.39 is 16.1 Å². The Bertz CT molecular complexity index is 685. The predicted octanol–water partition coefficient (Wildman–Crippen LogP) is 3.30. The number of para-hydroxylation sites is 1. The fraction of sp³-hybridized carbons (Fsp3) is 0.611. The third-order valence-corrected chi connectivity index (χ3v) is 5.84. The summed E-state index contributed by atoms with van der Waals surface area (Å²) in [6, 6.07) is 5.45. The molecular weight excluding hydrogens is 324 g/mol. The van der Waals surface area contributed by atoms with E-state index >= 15 is 0 Å². The number of anilines is 1. The van der Waals surface area contributed by atoms with Crippen LogP contribution in [0.15, 0.2) is 18.2 Å². The molecule has 1 atom stereocenters. The highest BCUT2D eigenvalue weighted by Crippen LogP contribution is 2.33. The minimum absolute atomic E-state index is 0.229. The third-order valence-electron chi connectivity index (χ3n) is 4.55. The molecule has 1 aliphatic heterocycles. The van der Waals surface area contributed by atoms with Crippen molar-refractivity contribution in [3.63, 3.8) is 0 Å². The normalized spacial score (nSPS) is 19.2. The summed E-state index contributed by atoms with van der Waals surface area (Å²) in [5, 5.41) is 3.04. The van der Waals surface area contributed by atoms with Crippen molar-refractivity contribution in [1.82, 2.24) is 4.31 Å². The molecule has 5 nitrogen and oxygen atoms in total. The van der Waals surface area contributed by atoms with Crippen LogP contribution in [-0.4, -0.2) is 37.5 Å². The van der Waals surface area contributed by atoms with Crippen molar-refractivity contribution in [2.75, 3.05) is 18.1 Å². The molecule has 1 aliphatic rings. The molecule has 1 unspecified atom stereocenters. The summed E-state index contributed by atoms with van der Waals surface area (Å²) in [5.74, 6) is 0.315. The molecule has 0 aliphatic carbocycles. The van der Waals surface area contributed by atoms with E-state index in [0.717, 1.165) is 16.8 Å². The fourth-order valence-corrected chi connectivity index (χ4v) is 4.43. The molecule has 0 saturated carbocycles. The van der Waals surface area contributed by atoms with Crippen molar-refractivity contribution < 1.29 is 13.2 Å². The number of hydrogen-bond donors (Lipinski definition) is 1. The van der Waals surface area contributed by atoms with Gasteiger partial charge in [0.25, 0.3) is 0 Å².